The molecule has 8 heteroatoms. The third kappa shape index (κ3) is 4.01. The molecular weight excluding hydrogens is 372 g/mol. The van der Waals surface area contributed by atoms with Crippen molar-refractivity contribution in [2.24, 2.45) is 0 Å². The average molecular weight is 396 g/mol. The number of hydrogen-bond donors (Lipinski definition) is 1. The van der Waals surface area contributed by atoms with Crippen LogP contribution in [0.2, 0.25) is 0 Å². The standard InChI is InChI=1S/C21H24N4O4/c1-14-12-18(23-29-14)22-20(27)16-8-5-11-24(16)21(28)17-9-10-19(26)25(17)13-15-6-3-2-4-7-15/h2-4,6-7,12,16-17H,5,8-11,13H2,1H3,(H,22,23,27). The third-order valence-electron chi connectivity index (χ3n) is 5.53. The van der Waals surface area contributed by atoms with Gasteiger partial charge in [-0.05, 0) is 31.7 Å². The third-order valence-corrected chi connectivity index (χ3v) is 5.53. The molecular formula is C21H24N4O4. The maximum Gasteiger partial charge on any atom is 0.248 e. The molecule has 3 heterocycles. The first-order valence-electron chi connectivity index (χ1n) is 9.91. The molecule has 0 saturated carbocycles. The Morgan fingerprint density at radius 2 is 2.00 bits per heavy atom. The minimum Gasteiger partial charge on any atom is -0.360 e. The Balaban J connectivity index is 1.46. The molecule has 2 unspecified atom stereocenters. The van der Waals surface area contributed by atoms with E-state index >= 15 is 0 Å². The van der Waals surface area contributed by atoms with Gasteiger partial charge < -0.3 is 19.6 Å². The molecule has 2 fully saturated rings. The highest BCUT2D eigenvalue weighted by atomic mass is 16.5. The van der Waals surface area contributed by atoms with Crippen LogP contribution in [-0.2, 0) is 20.9 Å². The number of aryl methyl sites for hydroxylation is 1. The Hall–Kier alpha value is -3.16. The number of carbonyl (C=O) groups excluding carboxylic acids is 3. The topological polar surface area (TPSA) is 95.8 Å². The minimum absolute atomic E-state index is 0.0227. The summed E-state index contributed by atoms with van der Waals surface area (Å²) in [6.45, 7) is 2.66. The molecule has 152 valence electrons. The lowest BCUT2D eigenvalue weighted by molar-refractivity contribution is -0.144. The van der Waals surface area contributed by atoms with Crippen molar-refractivity contribution in [3.63, 3.8) is 0 Å². The smallest absolute Gasteiger partial charge is 0.248 e. The molecule has 1 aromatic carbocycles. The van der Waals surface area contributed by atoms with Gasteiger partial charge in [0.05, 0.1) is 0 Å². The second-order valence-corrected chi connectivity index (χ2v) is 7.56. The summed E-state index contributed by atoms with van der Waals surface area (Å²) in [6.07, 6.45) is 2.18. The average Bonchev–Trinajstić information content (AvgIpc) is 3.44. The summed E-state index contributed by atoms with van der Waals surface area (Å²) in [7, 11) is 0. The minimum atomic E-state index is -0.561. The lowest BCUT2D eigenvalue weighted by Crippen LogP contribution is -2.51. The highest BCUT2D eigenvalue weighted by Gasteiger charge is 2.43. The molecule has 0 aliphatic carbocycles. The van der Waals surface area contributed by atoms with Crippen LogP contribution in [0.25, 0.3) is 0 Å². The summed E-state index contributed by atoms with van der Waals surface area (Å²) < 4.78 is 4.98. The molecule has 8 nitrogen and oxygen atoms in total. The van der Waals surface area contributed by atoms with Crippen LogP contribution in [0, 0.1) is 6.92 Å². The quantitative estimate of drug-likeness (QED) is 0.835. The van der Waals surface area contributed by atoms with E-state index in [1.807, 2.05) is 30.3 Å². The first-order chi connectivity index (χ1) is 14.0. The maximum atomic E-state index is 13.3. The Labute approximate surface area is 168 Å². The molecule has 0 bridgehead atoms. The van der Waals surface area contributed by atoms with E-state index in [9.17, 15) is 14.4 Å². The number of aromatic nitrogens is 1. The SMILES string of the molecule is Cc1cc(NC(=O)C2CCCN2C(=O)C2CCC(=O)N2Cc2ccccc2)no1. The van der Waals surface area contributed by atoms with Crippen LogP contribution in [-0.4, -0.2) is 51.3 Å². The Bertz CT molecular complexity index is 910. The maximum absolute atomic E-state index is 13.3. The number of nitrogens with one attached hydrogen (secondary N) is 1. The van der Waals surface area contributed by atoms with Gasteiger partial charge in [0.2, 0.25) is 17.7 Å². The molecule has 29 heavy (non-hydrogen) atoms. The van der Waals surface area contributed by atoms with Gasteiger partial charge in [-0.2, -0.15) is 0 Å². The molecule has 0 radical (unpaired) electrons. The van der Waals surface area contributed by atoms with Crippen molar-refractivity contribution in [1.82, 2.24) is 15.0 Å². The van der Waals surface area contributed by atoms with E-state index in [2.05, 4.69) is 10.5 Å². The molecule has 2 saturated heterocycles. The van der Waals surface area contributed by atoms with Crippen molar-refractivity contribution in [2.45, 2.75) is 51.2 Å². The van der Waals surface area contributed by atoms with Crippen LogP contribution < -0.4 is 5.32 Å². The summed E-state index contributed by atoms with van der Waals surface area (Å²) in [5.74, 6) is 0.489. The van der Waals surface area contributed by atoms with Crippen molar-refractivity contribution < 1.29 is 18.9 Å². The number of benzene rings is 1. The lowest BCUT2D eigenvalue weighted by Gasteiger charge is -2.31. The van der Waals surface area contributed by atoms with E-state index in [0.717, 1.165) is 12.0 Å². The van der Waals surface area contributed by atoms with Crippen LogP contribution in [0.4, 0.5) is 5.82 Å². The summed E-state index contributed by atoms with van der Waals surface area (Å²) in [6, 6.07) is 10.2. The Morgan fingerprint density at radius 3 is 2.72 bits per heavy atom. The number of anilines is 1. The van der Waals surface area contributed by atoms with E-state index in [4.69, 9.17) is 4.52 Å². The van der Waals surface area contributed by atoms with Gasteiger partial charge in [0.1, 0.15) is 17.8 Å². The molecule has 2 atom stereocenters. The van der Waals surface area contributed by atoms with Crippen molar-refractivity contribution in [3.8, 4) is 0 Å². The van der Waals surface area contributed by atoms with Gasteiger partial charge in [0.25, 0.3) is 0 Å². The van der Waals surface area contributed by atoms with Gasteiger partial charge in [-0.15, -0.1) is 0 Å². The van der Waals surface area contributed by atoms with E-state index in [-0.39, 0.29) is 17.7 Å². The predicted octanol–water partition coefficient (Wildman–Crippen LogP) is 2.10. The van der Waals surface area contributed by atoms with Crippen molar-refractivity contribution >= 4 is 23.5 Å². The zero-order valence-electron chi connectivity index (χ0n) is 16.3. The first kappa shape index (κ1) is 19.2. The molecule has 2 aromatic rings. The summed E-state index contributed by atoms with van der Waals surface area (Å²) >= 11 is 0. The first-order valence-corrected chi connectivity index (χ1v) is 9.91. The van der Waals surface area contributed by atoms with Gasteiger partial charge in [-0.25, -0.2) is 0 Å². The predicted molar refractivity (Wildman–Crippen MR) is 105 cm³/mol. The summed E-state index contributed by atoms with van der Waals surface area (Å²) in [4.78, 5) is 41.7. The van der Waals surface area contributed by atoms with Crippen LogP contribution in [0.5, 0.6) is 0 Å². The van der Waals surface area contributed by atoms with E-state index in [0.29, 0.717) is 43.9 Å². The highest BCUT2D eigenvalue weighted by molar-refractivity contribution is 5.99. The number of amides is 3. The van der Waals surface area contributed by atoms with E-state index < -0.39 is 12.1 Å². The fourth-order valence-corrected chi connectivity index (χ4v) is 4.10. The monoisotopic (exact) mass is 396 g/mol. The normalized spacial score (nSPS) is 21.6. The number of carbonyl (C=O) groups is 3. The molecule has 1 aromatic heterocycles. The van der Waals surface area contributed by atoms with Crippen molar-refractivity contribution in [2.75, 3.05) is 11.9 Å². The van der Waals surface area contributed by atoms with Crippen LogP contribution in [0.1, 0.15) is 37.0 Å². The van der Waals surface area contributed by atoms with Gasteiger partial charge >= 0.3 is 0 Å². The molecule has 4 rings (SSSR count). The van der Waals surface area contributed by atoms with Gasteiger partial charge in [-0.3, -0.25) is 14.4 Å². The second-order valence-electron chi connectivity index (χ2n) is 7.56. The molecule has 0 spiro atoms. The zero-order chi connectivity index (χ0) is 20.4. The van der Waals surface area contributed by atoms with Gasteiger partial charge in [0, 0.05) is 25.6 Å². The molecule has 3 amide bonds. The number of likely N-dealkylation sites (tertiary alicyclic amines) is 2. The number of nitrogens with zero attached hydrogens (tertiary/aromatic N) is 3. The fourth-order valence-electron chi connectivity index (χ4n) is 4.10. The van der Waals surface area contributed by atoms with Crippen molar-refractivity contribution in [1.29, 1.82) is 0 Å². The Morgan fingerprint density at radius 1 is 1.21 bits per heavy atom. The number of rotatable bonds is 5. The zero-order valence-corrected chi connectivity index (χ0v) is 16.3. The van der Waals surface area contributed by atoms with E-state index in [1.165, 1.54) is 0 Å². The second kappa shape index (κ2) is 8.06. The largest absolute Gasteiger partial charge is 0.360 e. The van der Waals surface area contributed by atoms with Crippen molar-refractivity contribution in [3.05, 3.63) is 47.7 Å². The lowest BCUT2D eigenvalue weighted by atomic mass is 10.1. The summed E-state index contributed by atoms with van der Waals surface area (Å²) in [5.41, 5.74) is 0.984. The Kier molecular flexibility index (Phi) is 5.33. The molecule has 2 aliphatic rings. The molecule has 2 aliphatic heterocycles. The van der Waals surface area contributed by atoms with E-state index in [1.54, 1.807) is 22.8 Å². The van der Waals surface area contributed by atoms with Gasteiger partial charge in [0.15, 0.2) is 5.82 Å². The van der Waals surface area contributed by atoms with Crippen LogP contribution in [0.15, 0.2) is 40.9 Å². The van der Waals surface area contributed by atoms with Gasteiger partial charge in [-0.1, -0.05) is 35.5 Å². The van der Waals surface area contributed by atoms with Crippen LogP contribution >= 0.6 is 0 Å². The fraction of sp³-hybridized carbons (Fsp3) is 0.429. The summed E-state index contributed by atoms with van der Waals surface area (Å²) in [5, 5.41) is 6.50. The van der Waals surface area contributed by atoms with Crippen LogP contribution in [0.3, 0.4) is 0 Å². The number of hydrogen-bond acceptors (Lipinski definition) is 5. The highest BCUT2D eigenvalue weighted by Crippen LogP contribution is 2.27. The molecule has 1 N–H and O–H groups in total.